The van der Waals surface area contributed by atoms with Gasteiger partial charge in [-0.05, 0) is 23.3 Å². The van der Waals surface area contributed by atoms with Crippen molar-refractivity contribution in [2.45, 2.75) is 12.6 Å². The standard InChI is InChI=1S/C18H21NO3/c1-21-13-17(15-8-4-3-5-9-15)19-12-14-7-6-10-16(11-14)18(20)22-2/h3-11,17,19H,12-13H2,1-2H3/t17-/m0/s1. The van der Waals surface area contributed by atoms with E-state index in [9.17, 15) is 4.79 Å². The second-order valence-corrected chi connectivity index (χ2v) is 4.99. The predicted molar refractivity (Wildman–Crippen MR) is 85.7 cm³/mol. The number of hydrogen-bond acceptors (Lipinski definition) is 4. The first-order valence-corrected chi connectivity index (χ1v) is 7.19. The Bertz CT molecular complexity index is 598. The molecular formula is C18H21NO3. The number of carbonyl (C=O) groups excluding carboxylic acids is 1. The van der Waals surface area contributed by atoms with E-state index in [-0.39, 0.29) is 12.0 Å². The Morgan fingerprint density at radius 1 is 1.09 bits per heavy atom. The highest BCUT2D eigenvalue weighted by molar-refractivity contribution is 5.89. The van der Waals surface area contributed by atoms with E-state index in [2.05, 4.69) is 17.4 Å². The number of benzene rings is 2. The first-order chi connectivity index (χ1) is 10.7. The molecule has 1 atom stereocenters. The summed E-state index contributed by atoms with van der Waals surface area (Å²) < 4.78 is 10.0. The molecule has 2 rings (SSSR count). The average Bonchev–Trinajstić information content (AvgIpc) is 2.59. The van der Waals surface area contributed by atoms with Gasteiger partial charge in [0.1, 0.15) is 0 Å². The van der Waals surface area contributed by atoms with Crippen LogP contribution in [0.4, 0.5) is 0 Å². The highest BCUT2D eigenvalue weighted by Gasteiger charge is 2.11. The summed E-state index contributed by atoms with van der Waals surface area (Å²) in [7, 11) is 3.08. The Balaban J connectivity index is 2.05. The SMILES string of the molecule is COC[C@H](NCc1cccc(C(=O)OC)c1)c1ccccc1. The van der Waals surface area contributed by atoms with E-state index in [1.165, 1.54) is 12.7 Å². The van der Waals surface area contributed by atoms with Crippen molar-refractivity contribution in [2.75, 3.05) is 20.8 Å². The van der Waals surface area contributed by atoms with Gasteiger partial charge < -0.3 is 14.8 Å². The van der Waals surface area contributed by atoms with Gasteiger partial charge in [0.05, 0.1) is 25.3 Å². The zero-order valence-corrected chi connectivity index (χ0v) is 12.9. The Kier molecular flexibility index (Phi) is 6.13. The number of carbonyl (C=O) groups is 1. The van der Waals surface area contributed by atoms with Gasteiger partial charge >= 0.3 is 5.97 Å². The molecule has 0 radical (unpaired) electrons. The van der Waals surface area contributed by atoms with Crippen LogP contribution < -0.4 is 5.32 Å². The molecule has 22 heavy (non-hydrogen) atoms. The maximum atomic E-state index is 11.6. The largest absolute Gasteiger partial charge is 0.465 e. The zero-order chi connectivity index (χ0) is 15.8. The van der Waals surface area contributed by atoms with Crippen LogP contribution in [0.25, 0.3) is 0 Å². The van der Waals surface area contributed by atoms with Crippen molar-refractivity contribution in [1.29, 1.82) is 0 Å². The van der Waals surface area contributed by atoms with Crippen LogP contribution in [0, 0.1) is 0 Å². The molecule has 116 valence electrons. The number of methoxy groups -OCH3 is 2. The lowest BCUT2D eigenvalue weighted by Crippen LogP contribution is -2.25. The molecule has 0 aliphatic rings. The summed E-state index contributed by atoms with van der Waals surface area (Å²) in [6, 6.07) is 17.7. The second kappa shape index (κ2) is 8.32. The van der Waals surface area contributed by atoms with Crippen LogP contribution >= 0.6 is 0 Å². The quantitative estimate of drug-likeness (QED) is 0.799. The van der Waals surface area contributed by atoms with Crippen LogP contribution in [0.15, 0.2) is 54.6 Å². The van der Waals surface area contributed by atoms with E-state index in [4.69, 9.17) is 9.47 Å². The summed E-state index contributed by atoms with van der Waals surface area (Å²) in [5.74, 6) is -0.321. The fourth-order valence-corrected chi connectivity index (χ4v) is 2.29. The lowest BCUT2D eigenvalue weighted by Gasteiger charge is -2.18. The van der Waals surface area contributed by atoms with Crippen molar-refractivity contribution in [1.82, 2.24) is 5.32 Å². The molecule has 1 N–H and O–H groups in total. The van der Waals surface area contributed by atoms with E-state index >= 15 is 0 Å². The lowest BCUT2D eigenvalue weighted by molar-refractivity contribution is 0.0600. The number of esters is 1. The molecule has 0 unspecified atom stereocenters. The lowest BCUT2D eigenvalue weighted by atomic mass is 10.1. The minimum atomic E-state index is -0.321. The summed E-state index contributed by atoms with van der Waals surface area (Å²) in [4.78, 5) is 11.6. The van der Waals surface area contributed by atoms with Crippen LogP contribution in [0.1, 0.15) is 27.5 Å². The van der Waals surface area contributed by atoms with Gasteiger partial charge in [-0.2, -0.15) is 0 Å². The van der Waals surface area contributed by atoms with Gasteiger partial charge in [0, 0.05) is 13.7 Å². The van der Waals surface area contributed by atoms with Crippen molar-refractivity contribution in [3.8, 4) is 0 Å². The summed E-state index contributed by atoms with van der Waals surface area (Å²) >= 11 is 0. The molecule has 0 aliphatic carbocycles. The minimum absolute atomic E-state index is 0.105. The third kappa shape index (κ3) is 4.41. The van der Waals surface area contributed by atoms with Crippen LogP contribution in [0.2, 0.25) is 0 Å². The molecule has 4 nitrogen and oxygen atoms in total. The molecular weight excluding hydrogens is 278 g/mol. The molecule has 0 spiro atoms. The number of nitrogens with one attached hydrogen (secondary N) is 1. The average molecular weight is 299 g/mol. The highest BCUT2D eigenvalue weighted by Crippen LogP contribution is 2.14. The fourth-order valence-electron chi connectivity index (χ4n) is 2.29. The maximum Gasteiger partial charge on any atom is 0.337 e. The van der Waals surface area contributed by atoms with E-state index in [1.54, 1.807) is 13.2 Å². The molecule has 0 amide bonds. The van der Waals surface area contributed by atoms with Crippen LogP contribution in [0.3, 0.4) is 0 Å². The third-order valence-corrected chi connectivity index (χ3v) is 3.44. The molecule has 0 saturated heterocycles. The molecule has 0 bridgehead atoms. The zero-order valence-electron chi connectivity index (χ0n) is 12.9. The van der Waals surface area contributed by atoms with Gasteiger partial charge in [-0.15, -0.1) is 0 Å². The highest BCUT2D eigenvalue weighted by atomic mass is 16.5. The van der Waals surface area contributed by atoms with E-state index in [0.717, 1.165) is 5.56 Å². The fraction of sp³-hybridized carbons (Fsp3) is 0.278. The second-order valence-electron chi connectivity index (χ2n) is 4.99. The Hall–Kier alpha value is -2.17. The van der Waals surface area contributed by atoms with Gasteiger partial charge in [-0.25, -0.2) is 4.79 Å². The van der Waals surface area contributed by atoms with Crippen molar-refractivity contribution in [2.24, 2.45) is 0 Å². The van der Waals surface area contributed by atoms with Crippen molar-refractivity contribution in [3.63, 3.8) is 0 Å². The molecule has 0 saturated carbocycles. The summed E-state index contributed by atoms with van der Waals surface area (Å²) in [5, 5.41) is 3.46. The first kappa shape index (κ1) is 16.2. The third-order valence-electron chi connectivity index (χ3n) is 3.44. The number of rotatable bonds is 7. The number of hydrogen-bond donors (Lipinski definition) is 1. The summed E-state index contributed by atoms with van der Waals surface area (Å²) in [6.07, 6.45) is 0. The van der Waals surface area contributed by atoms with Crippen molar-refractivity contribution in [3.05, 3.63) is 71.3 Å². The smallest absolute Gasteiger partial charge is 0.337 e. The summed E-state index contributed by atoms with van der Waals surface area (Å²) in [6.45, 7) is 1.23. The molecule has 0 fully saturated rings. The van der Waals surface area contributed by atoms with E-state index in [1.807, 2.05) is 36.4 Å². The van der Waals surface area contributed by atoms with Gasteiger partial charge in [0.25, 0.3) is 0 Å². The molecule has 0 heterocycles. The Morgan fingerprint density at radius 3 is 2.55 bits per heavy atom. The molecule has 4 heteroatoms. The molecule has 0 aromatic heterocycles. The topological polar surface area (TPSA) is 47.6 Å². The van der Waals surface area contributed by atoms with E-state index < -0.39 is 0 Å². The first-order valence-electron chi connectivity index (χ1n) is 7.19. The van der Waals surface area contributed by atoms with Gasteiger partial charge in [0.15, 0.2) is 0 Å². The Morgan fingerprint density at radius 2 is 1.86 bits per heavy atom. The summed E-state index contributed by atoms with van der Waals surface area (Å²) in [5.41, 5.74) is 2.76. The molecule has 0 aliphatic heterocycles. The normalized spacial score (nSPS) is 11.9. The Labute approximate surface area is 131 Å². The predicted octanol–water partition coefficient (Wildman–Crippen LogP) is 2.95. The van der Waals surface area contributed by atoms with Crippen LogP contribution in [0.5, 0.6) is 0 Å². The van der Waals surface area contributed by atoms with Crippen molar-refractivity contribution < 1.29 is 14.3 Å². The minimum Gasteiger partial charge on any atom is -0.465 e. The van der Waals surface area contributed by atoms with Crippen molar-refractivity contribution >= 4 is 5.97 Å². The number of ether oxygens (including phenoxy) is 2. The molecule has 2 aromatic rings. The van der Waals surface area contributed by atoms with E-state index in [0.29, 0.717) is 18.7 Å². The monoisotopic (exact) mass is 299 g/mol. The van der Waals surface area contributed by atoms with Gasteiger partial charge in [-0.1, -0.05) is 42.5 Å². The van der Waals surface area contributed by atoms with Gasteiger partial charge in [-0.3, -0.25) is 0 Å². The van der Waals surface area contributed by atoms with Crippen LogP contribution in [-0.2, 0) is 16.0 Å². The van der Waals surface area contributed by atoms with Crippen LogP contribution in [-0.4, -0.2) is 26.8 Å². The maximum absolute atomic E-state index is 11.6. The van der Waals surface area contributed by atoms with Gasteiger partial charge in [0.2, 0.25) is 0 Å². The molecule has 2 aromatic carbocycles.